The molecule has 1 aromatic carbocycles. The van der Waals surface area contributed by atoms with Crippen molar-refractivity contribution in [3.05, 3.63) is 53.7 Å². The minimum Gasteiger partial charge on any atom is -0.352 e. The molecule has 7 heteroatoms. The van der Waals surface area contributed by atoms with Crippen molar-refractivity contribution in [2.45, 2.75) is 33.2 Å². The second kappa shape index (κ2) is 7.90. The summed E-state index contributed by atoms with van der Waals surface area (Å²) in [5.74, 6) is 1.30. The fourth-order valence-corrected chi connectivity index (χ4v) is 3.62. The number of aromatic nitrogens is 4. The monoisotopic (exact) mass is 390 g/mol. The van der Waals surface area contributed by atoms with Crippen molar-refractivity contribution in [2.24, 2.45) is 0 Å². The molecule has 0 aliphatic carbocycles. The van der Waals surface area contributed by atoms with Crippen LogP contribution in [0.15, 0.2) is 48.7 Å². The van der Waals surface area contributed by atoms with Gasteiger partial charge in [0.05, 0.1) is 26.6 Å². The summed E-state index contributed by atoms with van der Waals surface area (Å²) in [4.78, 5) is 18.3. The van der Waals surface area contributed by atoms with Gasteiger partial charge in [-0.3, -0.25) is 4.98 Å². The van der Waals surface area contributed by atoms with E-state index < -0.39 is 0 Å². The lowest BCUT2D eigenvalue weighted by Gasteiger charge is -2.14. The number of benzene rings is 1. The molecule has 1 atom stereocenters. The summed E-state index contributed by atoms with van der Waals surface area (Å²) < 4.78 is 1.18. The average Bonchev–Trinajstić information content (AvgIpc) is 3.07. The van der Waals surface area contributed by atoms with Crippen LogP contribution in [0.3, 0.4) is 0 Å². The lowest BCUT2D eigenvalue weighted by atomic mass is 10.2. The number of fused-ring (bicyclic) bond motifs is 1. The van der Waals surface area contributed by atoms with E-state index in [0.29, 0.717) is 11.8 Å². The average molecular weight is 391 g/mol. The summed E-state index contributed by atoms with van der Waals surface area (Å²) in [6.07, 6.45) is 2.75. The maximum absolute atomic E-state index is 4.65. The molecule has 0 fully saturated rings. The van der Waals surface area contributed by atoms with Crippen LogP contribution in [0.2, 0.25) is 0 Å². The van der Waals surface area contributed by atoms with Gasteiger partial charge in [-0.2, -0.15) is 4.98 Å². The van der Waals surface area contributed by atoms with E-state index >= 15 is 0 Å². The van der Waals surface area contributed by atoms with Gasteiger partial charge in [-0.25, -0.2) is 9.97 Å². The van der Waals surface area contributed by atoms with Gasteiger partial charge in [0.2, 0.25) is 5.95 Å². The second-order valence-electron chi connectivity index (χ2n) is 6.67. The quantitative estimate of drug-likeness (QED) is 0.458. The van der Waals surface area contributed by atoms with Crippen molar-refractivity contribution in [2.75, 3.05) is 10.6 Å². The van der Waals surface area contributed by atoms with Gasteiger partial charge in [0.25, 0.3) is 0 Å². The van der Waals surface area contributed by atoms with E-state index in [9.17, 15) is 0 Å². The molecule has 0 saturated heterocycles. The number of hydrogen-bond acceptors (Lipinski definition) is 7. The maximum atomic E-state index is 4.65. The Hall–Kier alpha value is -3.06. The Kier molecular flexibility index (Phi) is 5.16. The zero-order chi connectivity index (χ0) is 19.5. The summed E-state index contributed by atoms with van der Waals surface area (Å²) in [5, 5.41) is 7.81. The molecule has 142 valence electrons. The highest BCUT2D eigenvalue weighted by atomic mass is 32.1. The fourth-order valence-electron chi connectivity index (χ4n) is 2.81. The number of thiazole rings is 1. The van der Waals surface area contributed by atoms with Gasteiger partial charge in [-0.05, 0) is 50.6 Å². The van der Waals surface area contributed by atoms with Gasteiger partial charge in [-0.15, -0.1) is 11.3 Å². The Balaban J connectivity index is 1.70. The molecular formula is C21H22N6S. The smallest absolute Gasteiger partial charge is 0.225 e. The van der Waals surface area contributed by atoms with Crippen LogP contribution >= 0.6 is 11.3 Å². The molecule has 2 N–H and O–H groups in total. The maximum Gasteiger partial charge on any atom is 0.225 e. The van der Waals surface area contributed by atoms with Crippen LogP contribution < -0.4 is 10.6 Å². The van der Waals surface area contributed by atoms with Gasteiger partial charge in [0.15, 0.2) is 0 Å². The first-order valence-corrected chi connectivity index (χ1v) is 10.1. The third-order valence-electron chi connectivity index (χ3n) is 4.41. The van der Waals surface area contributed by atoms with Crippen LogP contribution in [-0.2, 0) is 0 Å². The van der Waals surface area contributed by atoms with E-state index in [2.05, 4.69) is 50.5 Å². The van der Waals surface area contributed by atoms with Gasteiger partial charge in [-0.1, -0.05) is 13.0 Å². The highest BCUT2D eigenvalue weighted by Crippen LogP contribution is 2.27. The molecule has 0 aliphatic heterocycles. The van der Waals surface area contributed by atoms with E-state index in [1.165, 1.54) is 4.70 Å². The highest BCUT2D eigenvalue weighted by Gasteiger charge is 2.10. The van der Waals surface area contributed by atoms with Crippen LogP contribution in [0.1, 0.15) is 25.3 Å². The topological polar surface area (TPSA) is 75.6 Å². The summed E-state index contributed by atoms with van der Waals surface area (Å²) in [7, 11) is 0. The Morgan fingerprint density at radius 1 is 1.04 bits per heavy atom. The molecule has 28 heavy (non-hydrogen) atoms. The van der Waals surface area contributed by atoms with Gasteiger partial charge in [0.1, 0.15) is 5.82 Å². The molecule has 0 saturated carbocycles. The van der Waals surface area contributed by atoms with Gasteiger partial charge >= 0.3 is 0 Å². The van der Waals surface area contributed by atoms with E-state index in [1.807, 2.05) is 43.3 Å². The number of rotatable bonds is 6. The molecule has 4 rings (SSSR count). The molecule has 3 aromatic heterocycles. The minimum atomic E-state index is 0.279. The second-order valence-corrected chi connectivity index (χ2v) is 7.91. The summed E-state index contributed by atoms with van der Waals surface area (Å²) in [5.41, 5.74) is 3.52. The van der Waals surface area contributed by atoms with Crippen molar-refractivity contribution in [3.63, 3.8) is 0 Å². The van der Waals surface area contributed by atoms with Crippen LogP contribution in [0.4, 0.5) is 17.5 Å². The molecule has 0 amide bonds. The van der Waals surface area contributed by atoms with Crippen LogP contribution in [0.5, 0.6) is 0 Å². The SMILES string of the molecule is CC[C@@H](C)Nc1nc(Nc2ccc3sc(C)nc3c2)cc(-c2ccccn2)n1. The minimum absolute atomic E-state index is 0.279. The summed E-state index contributed by atoms with van der Waals surface area (Å²) in [6, 6.07) is 14.2. The Labute approximate surface area is 168 Å². The molecule has 0 aliphatic rings. The van der Waals surface area contributed by atoms with Crippen molar-refractivity contribution < 1.29 is 0 Å². The molecule has 0 radical (unpaired) electrons. The van der Waals surface area contributed by atoms with E-state index in [1.54, 1.807) is 17.5 Å². The zero-order valence-electron chi connectivity index (χ0n) is 16.1. The van der Waals surface area contributed by atoms with Crippen LogP contribution in [0, 0.1) is 6.92 Å². The number of anilines is 3. The normalized spacial score (nSPS) is 12.1. The number of pyridine rings is 1. The molecular weight excluding hydrogens is 368 g/mol. The fraction of sp³-hybridized carbons (Fsp3) is 0.238. The van der Waals surface area contributed by atoms with Gasteiger partial charge in [0, 0.05) is 24.0 Å². The number of nitrogens with zero attached hydrogens (tertiary/aromatic N) is 4. The molecule has 0 spiro atoms. The third kappa shape index (κ3) is 4.09. The number of aryl methyl sites for hydroxylation is 1. The van der Waals surface area contributed by atoms with Crippen LogP contribution in [-0.4, -0.2) is 26.0 Å². The van der Waals surface area contributed by atoms with Crippen molar-refractivity contribution in [1.29, 1.82) is 0 Å². The lowest BCUT2D eigenvalue weighted by molar-refractivity contribution is 0.753. The van der Waals surface area contributed by atoms with E-state index in [0.717, 1.165) is 34.0 Å². The van der Waals surface area contributed by atoms with Crippen molar-refractivity contribution in [3.8, 4) is 11.4 Å². The first kappa shape index (κ1) is 18.3. The van der Waals surface area contributed by atoms with E-state index in [4.69, 9.17) is 0 Å². The molecule has 0 bridgehead atoms. The first-order chi connectivity index (χ1) is 13.6. The predicted octanol–water partition coefficient (Wildman–Crippen LogP) is 5.41. The largest absolute Gasteiger partial charge is 0.352 e. The molecule has 6 nitrogen and oxygen atoms in total. The standard InChI is InChI=1S/C21H22N6S/c1-4-13(2)23-21-26-17(16-7-5-6-10-22-16)12-20(27-21)25-15-8-9-19-18(11-15)24-14(3)28-19/h5-13H,4H2,1-3H3,(H2,23,25,26,27)/t13-/m1/s1. The Morgan fingerprint density at radius 2 is 1.93 bits per heavy atom. The Bertz CT molecular complexity index is 1090. The highest BCUT2D eigenvalue weighted by molar-refractivity contribution is 7.18. The zero-order valence-corrected chi connectivity index (χ0v) is 16.9. The lowest BCUT2D eigenvalue weighted by Crippen LogP contribution is -2.16. The molecule has 0 unspecified atom stereocenters. The van der Waals surface area contributed by atoms with Crippen molar-refractivity contribution in [1.82, 2.24) is 19.9 Å². The summed E-state index contributed by atoms with van der Waals surface area (Å²) >= 11 is 1.70. The third-order valence-corrected chi connectivity index (χ3v) is 5.36. The number of nitrogens with one attached hydrogen (secondary N) is 2. The van der Waals surface area contributed by atoms with E-state index in [-0.39, 0.29) is 6.04 Å². The van der Waals surface area contributed by atoms with Crippen LogP contribution in [0.25, 0.3) is 21.6 Å². The predicted molar refractivity (Wildman–Crippen MR) is 116 cm³/mol. The number of hydrogen-bond donors (Lipinski definition) is 2. The molecule has 3 heterocycles. The summed E-state index contributed by atoms with van der Waals surface area (Å²) in [6.45, 7) is 6.26. The van der Waals surface area contributed by atoms with Gasteiger partial charge < -0.3 is 10.6 Å². The molecule has 4 aromatic rings. The first-order valence-electron chi connectivity index (χ1n) is 9.32. The van der Waals surface area contributed by atoms with Crippen molar-refractivity contribution >= 4 is 39.0 Å². The Morgan fingerprint density at radius 3 is 2.71 bits per heavy atom.